The second-order valence-electron chi connectivity index (χ2n) is 7.17. The summed E-state index contributed by atoms with van der Waals surface area (Å²) in [5.41, 5.74) is 7.27. The molecular weight excluding hydrogens is 474 g/mol. The number of hydrogen-bond donors (Lipinski definition) is 2. The van der Waals surface area contributed by atoms with Gasteiger partial charge in [-0.15, -0.1) is 0 Å². The van der Waals surface area contributed by atoms with E-state index in [1.165, 1.54) is 6.92 Å². The second kappa shape index (κ2) is 10.2. The summed E-state index contributed by atoms with van der Waals surface area (Å²) < 4.78 is 8.39. The Morgan fingerprint density at radius 1 is 1.19 bits per heavy atom. The van der Waals surface area contributed by atoms with Crippen LogP contribution in [-0.2, 0) is 11.3 Å². The number of halogens is 1. The number of carbonyl (C=O) groups excluding carboxylic acids is 2. The fourth-order valence-electron chi connectivity index (χ4n) is 3.13. The van der Waals surface area contributed by atoms with Crippen LogP contribution in [0.5, 0.6) is 5.75 Å². The van der Waals surface area contributed by atoms with Crippen LogP contribution < -0.4 is 15.5 Å². The summed E-state index contributed by atoms with van der Waals surface area (Å²) >= 11 is 3.55. The molecule has 2 amide bonds. The maximum atomic E-state index is 12.3. The van der Waals surface area contributed by atoms with E-state index >= 15 is 0 Å². The van der Waals surface area contributed by atoms with E-state index in [9.17, 15) is 9.59 Å². The highest BCUT2D eigenvalue weighted by atomic mass is 79.9. The Labute approximate surface area is 194 Å². The van der Waals surface area contributed by atoms with Gasteiger partial charge in [0.2, 0.25) is 5.91 Å². The van der Waals surface area contributed by atoms with Crippen LogP contribution in [0.3, 0.4) is 0 Å². The molecule has 0 saturated carbocycles. The Morgan fingerprint density at radius 3 is 2.50 bits per heavy atom. The van der Waals surface area contributed by atoms with Gasteiger partial charge in [-0.1, -0.05) is 0 Å². The number of amides is 2. The van der Waals surface area contributed by atoms with Crippen LogP contribution in [0.25, 0.3) is 0 Å². The van der Waals surface area contributed by atoms with E-state index in [4.69, 9.17) is 4.74 Å². The Balaban J connectivity index is 1.70. The first-order valence-corrected chi connectivity index (χ1v) is 10.6. The average molecular weight is 498 g/mol. The van der Waals surface area contributed by atoms with Gasteiger partial charge in [0.25, 0.3) is 5.91 Å². The van der Waals surface area contributed by atoms with Crippen LogP contribution >= 0.6 is 15.9 Å². The zero-order valence-electron chi connectivity index (χ0n) is 18.3. The number of hydrogen-bond acceptors (Lipinski definition) is 5. The molecule has 0 spiro atoms. The van der Waals surface area contributed by atoms with E-state index in [-0.39, 0.29) is 11.8 Å². The summed E-state index contributed by atoms with van der Waals surface area (Å²) in [5, 5.41) is 11.3. The van der Waals surface area contributed by atoms with Crippen molar-refractivity contribution < 1.29 is 14.3 Å². The molecule has 0 aliphatic rings. The van der Waals surface area contributed by atoms with Crippen LogP contribution in [0.4, 0.5) is 5.69 Å². The lowest BCUT2D eigenvalue weighted by Gasteiger charge is -2.11. The molecule has 3 aromatic rings. The van der Waals surface area contributed by atoms with E-state index in [1.54, 1.807) is 37.6 Å². The molecule has 0 atom stereocenters. The van der Waals surface area contributed by atoms with Crippen molar-refractivity contribution in [2.24, 2.45) is 5.10 Å². The van der Waals surface area contributed by atoms with Gasteiger partial charge in [-0.05, 0) is 77.8 Å². The molecule has 3 rings (SSSR count). The minimum atomic E-state index is -0.350. The van der Waals surface area contributed by atoms with E-state index in [1.807, 2.05) is 36.7 Å². The van der Waals surface area contributed by atoms with Crippen molar-refractivity contribution in [3.05, 3.63) is 75.0 Å². The molecule has 166 valence electrons. The fraction of sp³-hybridized carbons (Fsp3) is 0.217. The first kappa shape index (κ1) is 23.2. The SMILES string of the molecule is COc1ccc(C=NNC(=O)c2ccc(NC(C)=O)cc2)cc1Cn1nc(C)c(Br)c1C. The number of anilines is 1. The maximum Gasteiger partial charge on any atom is 0.271 e. The third-order valence-corrected chi connectivity index (χ3v) is 5.91. The molecule has 1 aromatic heterocycles. The minimum absolute atomic E-state index is 0.170. The number of aromatic nitrogens is 2. The quantitative estimate of drug-likeness (QED) is 0.380. The second-order valence-corrected chi connectivity index (χ2v) is 7.96. The van der Waals surface area contributed by atoms with Crippen LogP contribution in [-0.4, -0.2) is 34.9 Å². The van der Waals surface area contributed by atoms with Gasteiger partial charge in [0.1, 0.15) is 5.75 Å². The Hall–Kier alpha value is -3.46. The van der Waals surface area contributed by atoms with Gasteiger partial charge >= 0.3 is 0 Å². The standard InChI is InChI=1S/C23H24BrN5O3/c1-14-22(24)15(2)29(28-14)13-19-11-17(5-10-21(19)32-4)12-25-27-23(31)18-6-8-20(9-7-18)26-16(3)30/h5-12H,13H2,1-4H3,(H,26,30)(H,27,31). The molecule has 1 heterocycles. The summed E-state index contributed by atoms with van der Waals surface area (Å²) in [6.07, 6.45) is 1.57. The Morgan fingerprint density at radius 2 is 1.91 bits per heavy atom. The van der Waals surface area contributed by atoms with Crippen LogP contribution in [0.2, 0.25) is 0 Å². The molecule has 0 saturated heterocycles. The molecule has 0 bridgehead atoms. The monoisotopic (exact) mass is 497 g/mol. The summed E-state index contributed by atoms with van der Waals surface area (Å²) in [4.78, 5) is 23.4. The highest BCUT2D eigenvalue weighted by Crippen LogP contribution is 2.24. The van der Waals surface area contributed by atoms with Gasteiger partial charge in [0, 0.05) is 23.7 Å². The number of aryl methyl sites for hydroxylation is 1. The molecule has 9 heteroatoms. The molecule has 32 heavy (non-hydrogen) atoms. The first-order valence-electron chi connectivity index (χ1n) is 9.86. The Bertz CT molecular complexity index is 1170. The van der Waals surface area contributed by atoms with Gasteiger partial charge in [0.15, 0.2) is 0 Å². The van der Waals surface area contributed by atoms with Gasteiger partial charge in [0.05, 0.1) is 35.7 Å². The van der Waals surface area contributed by atoms with Crippen molar-refractivity contribution in [2.75, 3.05) is 12.4 Å². The van der Waals surface area contributed by atoms with Gasteiger partial charge in [-0.25, -0.2) is 5.43 Å². The van der Waals surface area contributed by atoms with E-state index in [0.717, 1.165) is 32.7 Å². The predicted octanol–water partition coefficient (Wildman–Crippen LogP) is 4.04. The van der Waals surface area contributed by atoms with Crippen molar-refractivity contribution in [2.45, 2.75) is 27.3 Å². The van der Waals surface area contributed by atoms with E-state index < -0.39 is 0 Å². The minimum Gasteiger partial charge on any atom is -0.496 e. The molecule has 0 aliphatic carbocycles. The molecule has 2 N–H and O–H groups in total. The molecule has 8 nitrogen and oxygen atoms in total. The van der Waals surface area contributed by atoms with Gasteiger partial charge < -0.3 is 10.1 Å². The largest absolute Gasteiger partial charge is 0.496 e. The lowest BCUT2D eigenvalue weighted by molar-refractivity contribution is -0.114. The lowest BCUT2D eigenvalue weighted by Crippen LogP contribution is -2.17. The topological polar surface area (TPSA) is 97.6 Å². The predicted molar refractivity (Wildman–Crippen MR) is 127 cm³/mol. The zero-order chi connectivity index (χ0) is 23.3. The van der Waals surface area contributed by atoms with Crippen molar-refractivity contribution in [3.8, 4) is 5.75 Å². The zero-order valence-corrected chi connectivity index (χ0v) is 19.9. The molecule has 0 radical (unpaired) electrons. The smallest absolute Gasteiger partial charge is 0.271 e. The number of benzene rings is 2. The number of methoxy groups -OCH3 is 1. The van der Waals surface area contributed by atoms with Gasteiger partial charge in [-0.3, -0.25) is 14.3 Å². The molecule has 0 fully saturated rings. The number of ether oxygens (including phenoxy) is 1. The number of nitrogens with zero attached hydrogens (tertiary/aromatic N) is 3. The number of nitrogens with one attached hydrogen (secondary N) is 2. The van der Waals surface area contributed by atoms with Gasteiger partial charge in [-0.2, -0.15) is 10.2 Å². The van der Waals surface area contributed by atoms with E-state index in [0.29, 0.717) is 17.8 Å². The fourth-order valence-corrected chi connectivity index (χ4v) is 3.41. The van der Waals surface area contributed by atoms with Crippen LogP contribution in [0.15, 0.2) is 52.0 Å². The lowest BCUT2D eigenvalue weighted by atomic mass is 10.1. The third kappa shape index (κ3) is 5.61. The van der Waals surface area contributed by atoms with Crippen molar-refractivity contribution in [3.63, 3.8) is 0 Å². The average Bonchev–Trinajstić information content (AvgIpc) is 3.00. The molecule has 0 aliphatic heterocycles. The Kier molecular flexibility index (Phi) is 7.42. The number of hydrazone groups is 1. The van der Waals surface area contributed by atoms with E-state index in [2.05, 4.69) is 36.9 Å². The third-order valence-electron chi connectivity index (χ3n) is 4.76. The van der Waals surface area contributed by atoms with Crippen molar-refractivity contribution in [1.82, 2.24) is 15.2 Å². The summed E-state index contributed by atoms with van der Waals surface area (Å²) in [6, 6.07) is 12.2. The summed E-state index contributed by atoms with van der Waals surface area (Å²) in [7, 11) is 1.63. The summed E-state index contributed by atoms with van der Waals surface area (Å²) in [5.74, 6) is 0.224. The molecule has 0 unspecified atom stereocenters. The highest BCUT2D eigenvalue weighted by molar-refractivity contribution is 9.10. The number of rotatable bonds is 7. The first-order chi connectivity index (χ1) is 15.3. The molecular formula is C23H24BrN5O3. The maximum absolute atomic E-state index is 12.3. The van der Waals surface area contributed by atoms with Crippen molar-refractivity contribution >= 4 is 39.6 Å². The highest BCUT2D eigenvalue weighted by Gasteiger charge is 2.12. The summed E-state index contributed by atoms with van der Waals surface area (Å²) in [6.45, 7) is 5.91. The van der Waals surface area contributed by atoms with Crippen LogP contribution in [0.1, 0.15) is 39.8 Å². The van der Waals surface area contributed by atoms with Crippen LogP contribution in [0, 0.1) is 13.8 Å². The number of carbonyl (C=O) groups is 2. The normalized spacial score (nSPS) is 10.9. The molecule has 2 aromatic carbocycles. The van der Waals surface area contributed by atoms with Crippen molar-refractivity contribution in [1.29, 1.82) is 0 Å².